The van der Waals surface area contributed by atoms with Crippen LogP contribution in [0, 0.1) is 0 Å². The minimum absolute atomic E-state index is 0.172. The van der Waals surface area contributed by atoms with Crippen LogP contribution in [0.5, 0.6) is 0 Å². The smallest absolute Gasteiger partial charge is 0.231 e. The molecule has 0 radical (unpaired) electrons. The van der Waals surface area contributed by atoms with Crippen molar-refractivity contribution in [2.75, 3.05) is 18.8 Å². The van der Waals surface area contributed by atoms with Gasteiger partial charge < -0.3 is 16.6 Å². The van der Waals surface area contributed by atoms with Gasteiger partial charge in [-0.05, 0) is 38.0 Å². The molecule has 0 bridgehead atoms. The number of carbonyl (C=O) groups excluding carboxylic acids is 1. The first-order valence-corrected chi connectivity index (χ1v) is 6.34. The van der Waals surface area contributed by atoms with Gasteiger partial charge in [0.15, 0.2) is 0 Å². The van der Waals surface area contributed by atoms with Crippen LogP contribution in [0.15, 0.2) is 24.3 Å². The van der Waals surface area contributed by atoms with Gasteiger partial charge in [0.1, 0.15) is 0 Å². The van der Waals surface area contributed by atoms with Gasteiger partial charge in [0.2, 0.25) is 5.91 Å². The van der Waals surface area contributed by atoms with Gasteiger partial charge in [-0.3, -0.25) is 9.69 Å². The summed E-state index contributed by atoms with van der Waals surface area (Å²) in [6, 6.07) is 7.52. The van der Waals surface area contributed by atoms with Crippen LogP contribution in [0.2, 0.25) is 0 Å². The SMILES string of the molecule is CC(C)(O)CCN(CC(N)=O)Cc1cccc(N)c1. The van der Waals surface area contributed by atoms with Crippen LogP contribution in [0.25, 0.3) is 0 Å². The standard InChI is InChI=1S/C14H23N3O2/c1-14(2,19)6-7-17(10-13(16)18)9-11-4-3-5-12(15)8-11/h3-5,8,19H,6-7,9-10,15H2,1-2H3,(H2,16,18). The minimum atomic E-state index is -0.758. The Bertz CT molecular complexity index is 427. The molecule has 5 nitrogen and oxygen atoms in total. The van der Waals surface area contributed by atoms with Crippen molar-refractivity contribution in [1.82, 2.24) is 4.90 Å². The van der Waals surface area contributed by atoms with Gasteiger partial charge >= 0.3 is 0 Å². The second kappa shape index (κ2) is 6.54. The van der Waals surface area contributed by atoms with Crippen molar-refractivity contribution in [3.8, 4) is 0 Å². The maximum atomic E-state index is 11.1. The van der Waals surface area contributed by atoms with Crippen LogP contribution in [-0.4, -0.2) is 34.6 Å². The highest BCUT2D eigenvalue weighted by atomic mass is 16.3. The van der Waals surface area contributed by atoms with Crippen molar-refractivity contribution in [1.29, 1.82) is 0 Å². The molecule has 5 N–H and O–H groups in total. The van der Waals surface area contributed by atoms with E-state index in [4.69, 9.17) is 11.5 Å². The van der Waals surface area contributed by atoms with Gasteiger partial charge in [-0.2, -0.15) is 0 Å². The lowest BCUT2D eigenvalue weighted by Crippen LogP contribution is -2.36. The first-order valence-electron chi connectivity index (χ1n) is 6.34. The molecular formula is C14H23N3O2. The monoisotopic (exact) mass is 265 g/mol. The Balaban J connectivity index is 2.66. The molecule has 0 spiro atoms. The lowest BCUT2D eigenvalue weighted by atomic mass is 10.1. The fraction of sp³-hybridized carbons (Fsp3) is 0.500. The average Bonchev–Trinajstić information content (AvgIpc) is 2.24. The zero-order valence-electron chi connectivity index (χ0n) is 11.6. The summed E-state index contributed by atoms with van der Waals surface area (Å²) in [4.78, 5) is 13.0. The fourth-order valence-electron chi connectivity index (χ4n) is 1.82. The summed E-state index contributed by atoms with van der Waals surface area (Å²) < 4.78 is 0. The average molecular weight is 265 g/mol. The molecule has 0 unspecified atom stereocenters. The maximum Gasteiger partial charge on any atom is 0.231 e. The number of hydrogen-bond donors (Lipinski definition) is 3. The van der Waals surface area contributed by atoms with E-state index in [1.54, 1.807) is 13.8 Å². The Morgan fingerprint density at radius 3 is 2.63 bits per heavy atom. The van der Waals surface area contributed by atoms with Gasteiger partial charge in [0, 0.05) is 18.8 Å². The first-order chi connectivity index (χ1) is 8.76. The quantitative estimate of drug-likeness (QED) is 0.633. The number of carbonyl (C=O) groups is 1. The zero-order chi connectivity index (χ0) is 14.5. The Hall–Kier alpha value is -1.59. The first kappa shape index (κ1) is 15.5. The number of anilines is 1. The van der Waals surface area contributed by atoms with E-state index in [-0.39, 0.29) is 12.5 Å². The predicted molar refractivity (Wildman–Crippen MR) is 76.2 cm³/mol. The second-order valence-corrected chi connectivity index (χ2v) is 5.48. The van der Waals surface area contributed by atoms with E-state index in [1.165, 1.54) is 0 Å². The third-order valence-electron chi connectivity index (χ3n) is 2.78. The van der Waals surface area contributed by atoms with E-state index < -0.39 is 5.60 Å². The summed E-state index contributed by atoms with van der Waals surface area (Å²) in [7, 11) is 0. The second-order valence-electron chi connectivity index (χ2n) is 5.48. The number of amides is 1. The molecule has 0 aliphatic rings. The molecule has 106 valence electrons. The van der Waals surface area contributed by atoms with Crippen LogP contribution in [0.3, 0.4) is 0 Å². The molecule has 0 fully saturated rings. The van der Waals surface area contributed by atoms with Crippen molar-refractivity contribution in [3.05, 3.63) is 29.8 Å². The van der Waals surface area contributed by atoms with Crippen LogP contribution in [0.4, 0.5) is 5.69 Å². The lowest BCUT2D eigenvalue weighted by Gasteiger charge is -2.25. The summed E-state index contributed by atoms with van der Waals surface area (Å²) in [6.45, 7) is 4.85. The molecule has 0 atom stereocenters. The number of benzene rings is 1. The molecule has 0 aliphatic carbocycles. The van der Waals surface area contributed by atoms with Crippen LogP contribution >= 0.6 is 0 Å². The minimum Gasteiger partial charge on any atom is -0.399 e. The molecule has 0 heterocycles. The van der Waals surface area contributed by atoms with Gasteiger partial charge in [0.25, 0.3) is 0 Å². The van der Waals surface area contributed by atoms with E-state index in [1.807, 2.05) is 29.2 Å². The topological polar surface area (TPSA) is 92.6 Å². The molecule has 5 heteroatoms. The van der Waals surface area contributed by atoms with Crippen LogP contribution in [0.1, 0.15) is 25.8 Å². The Kier molecular flexibility index (Phi) is 5.32. The van der Waals surface area contributed by atoms with Crippen LogP contribution < -0.4 is 11.5 Å². The molecule has 0 saturated heterocycles. The summed E-state index contributed by atoms with van der Waals surface area (Å²) in [6.07, 6.45) is 0.572. The van der Waals surface area contributed by atoms with Gasteiger partial charge in [-0.15, -0.1) is 0 Å². The molecule has 1 rings (SSSR count). The third kappa shape index (κ3) is 6.79. The Morgan fingerprint density at radius 2 is 2.11 bits per heavy atom. The number of aliphatic hydroxyl groups is 1. The highest BCUT2D eigenvalue weighted by Gasteiger charge is 2.16. The van der Waals surface area contributed by atoms with Gasteiger partial charge in [-0.25, -0.2) is 0 Å². The summed E-state index contributed by atoms with van der Waals surface area (Å²) in [5.41, 5.74) is 11.9. The van der Waals surface area contributed by atoms with Gasteiger partial charge in [0.05, 0.1) is 12.1 Å². The molecule has 0 aliphatic heterocycles. The maximum absolute atomic E-state index is 11.1. The number of rotatable bonds is 7. The predicted octanol–water partition coefficient (Wildman–Crippen LogP) is 0.717. The Morgan fingerprint density at radius 1 is 1.42 bits per heavy atom. The number of primary amides is 1. The molecule has 19 heavy (non-hydrogen) atoms. The molecular weight excluding hydrogens is 242 g/mol. The molecule has 1 aromatic rings. The molecule has 0 saturated carbocycles. The van der Waals surface area contributed by atoms with Crippen molar-refractivity contribution < 1.29 is 9.90 Å². The van der Waals surface area contributed by atoms with Crippen molar-refractivity contribution >= 4 is 11.6 Å². The van der Waals surface area contributed by atoms with Crippen molar-refractivity contribution in [3.63, 3.8) is 0 Å². The van der Waals surface area contributed by atoms with E-state index in [0.717, 1.165) is 5.56 Å². The van der Waals surface area contributed by atoms with Crippen LogP contribution in [-0.2, 0) is 11.3 Å². The molecule has 1 aromatic carbocycles. The van der Waals surface area contributed by atoms with E-state index in [2.05, 4.69) is 0 Å². The normalized spacial score (nSPS) is 11.8. The molecule has 0 aromatic heterocycles. The van der Waals surface area contributed by atoms with Gasteiger partial charge in [-0.1, -0.05) is 12.1 Å². The highest BCUT2D eigenvalue weighted by Crippen LogP contribution is 2.13. The number of nitrogens with two attached hydrogens (primary N) is 2. The van der Waals surface area contributed by atoms with E-state index >= 15 is 0 Å². The molecule has 1 amide bonds. The summed E-state index contributed by atoms with van der Waals surface area (Å²) in [5.74, 6) is -0.375. The number of nitrogen functional groups attached to an aromatic ring is 1. The van der Waals surface area contributed by atoms with E-state index in [9.17, 15) is 9.90 Å². The fourth-order valence-corrected chi connectivity index (χ4v) is 1.82. The number of hydrogen-bond acceptors (Lipinski definition) is 4. The highest BCUT2D eigenvalue weighted by molar-refractivity contribution is 5.75. The number of nitrogens with zero attached hydrogens (tertiary/aromatic N) is 1. The van der Waals surface area contributed by atoms with E-state index in [0.29, 0.717) is 25.2 Å². The summed E-state index contributed by atoms with van der Waals surface area (Å²) >= 11 is 0. The van der Waals surface area contributed by atoms with Crippen molar-refractivity contribution in [2.45, 2.75) is 32.4 Å². The van der Waals surface area contributed by atoms with Crippen molar-refractivity contribution in [2.24, 2.45) is 5.73 Å². The lowest BCUT2D eigenvalue weighted by molar-refractivity contribution is -0.119. The largest absolute Gasteiger partial charge is 0.399 e. The third-order valence-corrected chi connectivity index (χ3v) is 2.78. The summed E-state index contributed by atoms with van der Waals surface area (Å²) in [5, 5.41) is 9.75. The Labute approximate surface area is 114 Å². The zero-order valence-corrected chi connectivity index (χ0v) is 11.6.